The van der Waals surface area contributed by atoms with Crippen molar-refractivity contribution in [3.63, 3.8) is 0 Å². The molecule has 25 heteroatoms. The van der Waals surface area contributed by atoms with Crippen LogP contribution < -0.4 is 21.7 Å². The molecule has 6 N–H and O–H groups in total. The Morgan fingerprint density at radius 3 is 1.88 bits per heavy atom. The molecule has 1 saturated heterocycles. The number of urea groups is 1. The van der Waals surface area contributed by atoms with Crippen LogP contribution in [0.4, 0.5) is 15.3 Å². The van der Waals surface area contributed by atoms with Gasteiger partial charge in [0.2, 0.25) is 17.7 Å². The number of unbranched alkanes of at least 4 members (excludes halogenated alkanes) is 1. The van der Waals surface area contributed by atoms with Gasteiger partial charge in [0.15, 0.2) is 27.2 Å². The number of Topliss-reactive ketones (excluding diaryl/α,β-unsaturated/α-hetero) is 4. The number of ketones is 4. The maximum atomic E-state index is 15.0. The molecule has 1 aliphatic rings. The summed E-state index contributed by atoms with van der Waals surface area (Å²) in [6, 6.07) is 24.2. The molecular formula is C83H121N7O17S. The minimum absolute atomic E-state index is 0.0642. The highest BCUT2D eigenvalue weighted by molar-refractivity contribution is 7.91. The number of aliphatic hydroxyl groups excluding tert-OH is 1. The summed E-state index contributed by atoms with van der Waals surface area (Å²) in [6.45, 7) is 21.1. The Balaban J connectivity index is 1.21. The van der Waals surface area contributed by atoms with Crippen molar-refractivity contribution in [3.8, 4) is 0 Å². The Hall–Kier alpha value is -8.23. The average Bonchev–Trinajstić information content (AvgIpc) is 1.63. The van der Waals surface area contributed by atoms with Gasteiger partial charge in [-0.3, -0.25) is 38.4 Å². The molecule has 0 radical (unpaired) electrons. The van der Waals surface area contributed by atoms with Gasteiger partial charge in [-0.15, -0.1) is 0 Å². The molecule has 108 heavy (non-hydrogen) atoms. The Morgan fingerprint density at radius 2 is 1.31 bits per heavy atom. The molecule has 0 aliphatic carbocycles. The minimum Gasteiger partial charge on any atom is -0.445 e. The molecule has 0 aromatic heterocycles. The topological polar surface area (TPSA) is 334 Å². The van der Waals surface area contributed by atoms with Gasteiger partial charge in [0.05, 0.1) is 59.5 Å². The van der Waals surface area contributed by atoms with E-state index in [0.29, 0.717) is 62.9 Å². The van der Waals surface area contributed by atoms with Gasteiger partial charge in [-0.05, 0) is 123 Å². The molecule has 13 atom stereocenters. The quantitative estimate of drug-likeness (QED) is 0.0203. The summed E-state index contributed by atoms with van der Waals surface area (Å²) >= 11 is 0. The van der Waals surface area contributed by atoms with Crippen molar-refractivity contribution in [2.75, 3.05) is 66.2 Å². The molecule has 24 nitrogen and oxygen atoms in total. The molecule has 5 rings (SSSR count). The molecule has 4 aromatic carbocycles. The molecule has 0 saturated carbocycles. The number of amides is 7. The predicted molar refractivity (Wildman–Crippen MR) is 415 cm³/mol. The molecule has 1 heterocycles. The number of rotatable bonds is 46. The highest BCUT2D eigenvalue weighted by atomic mass is 32.2. The molecular weight excluding hydrogens is 1400 g/mol. The number of nitrogens with two attached hydrogens (primary N) is 1. The lowest BCUT2D eigenvalue weighted by atomic mass is 9.83. The number of hydrogen-bond donors (Lipinski definition) is 5. The van der Waals surface area contributed by atoms with Gasteiger partial charge in [-0.25, -0.2) is 18.0 Å². The van der Waals surface area contributed by atoms with E-state index in [2.05, 4.69) is 16.0 Å². The van der Waals surface area contributed by atoms with Crippen molar-refractivity contribution in [1.82, 2.24) is 25.3 Å². The number of likely N-dealkylation sites (tertiary alicyclic amines) is 1. The maximum absolute atomic E-state index is 15.0. The van der Waals surface area contributed by atoms with Crippen molar-refractivity contribution in [3.05, 3.63) is 131 Å². The van der Waals surface area contributed by atoms with E-state index >= 15 is 0 Å². The van der Waals surface area contributed by atoms with Crippen LogP contribution >= 0.6 is 0 Å². The van der Waals surface area contributed by atoms with Gasteiger partial charge in [0.1, 0.15) is 12.4 Å². The van der Waals surface area contributed by atoms with E-state index in [4.69, 9.17) is 24.7 Å². The largest absolute Gasteiger partial charge is 0.445 e. The van der Waals surface area contributed by atoms with Gasteiger partial charge < -0.3 is 60.4 Å². The number of sulfone groups is 1. The zero-order valence-corrected chi connectivity index (χ0v) is 67.2. The number of nitrogens with one attached hydrogen (secondary N) is 3. The van der Waals surface area contributed by atoms with Crippen LogP contribution in [0.1, 0.15) is 190 Å². The molecule has 1 fully saturated rings. The summed E-state index contributed by atoms with van der Waals surface area (Å²) in [7, 11) is 3.95. The summed E-state index contributed by atoms with van der Waals surface area (Å²) in [6.07, 6.45) is 0.428. The molecule has 0 bridgehead atoms. The molecule has 596 valence electrons. The summed E-state index contributed by atoms with van der Waals surface area (Å²) < 4.78 is 50.2. The van der Waals surface area contributed by atoms with Crippen LogP contribution in [0.15, 0.2) is 108 Å². The first-order chi connectivity index (χ1) is 51.1. The van der Waals surface area contributed by atoms with E-state index in [0.717, 1.165) is 11.1 Å². The van der Waals surface area contributed by atoms with Crippen LogP contribution in [-0.2, 0) is 64.2 Å². The Morgan fingerprint density at radius 1 is 0.676 bits per heavy atom. The Bertz CT molecular complexity index is 3710. The van der Waals surface area contributed by atoms with Crippen molar-refractivity contribution >= 4 is 74.4 Å². The van der Waals surface area contributed by atoms with Gasteiger partial charge in [-0.1, -0.05) is 154 Å². The second-order valence-corrected chi connectivity index (χ2v) is 32.4. The fourth-order valence-corrected chi connectivity index (χ4v) is 16.2. The van der Waals surface area contributed by atoms with Crippen LogP contribution in [0.2, 0.25) is 0 Å². The minimum atomic E-state index is -3.84. The second-order valence-electron chi connectivity index (χ2n) is 30.4. The molecule has 7 amide bonds. The van der Waals surface area contributed by atoms with E-state index in [1.807, 2.05) is 78.8 Å². The van der Waals surface area contributed by atoms with Gasteiger partial charge in [-0.2, -0.15) is 0 Å². The van der Waals surface area contributed by atoms with Crippen LogP contribution in [0.3, 0.4) is 0 Å². The number of aryl methyl sites for hydroxylation is 1. The van der Waals surface area contributed by atoms with Crippen LogP contribution in [0.25, 0.3) is 0 Å². The van der Waals surface area contributed by atoms with Crippen molar-refractivity contribution < 1.29 is 80.4 Å². The van der Waals surface area contributed by atoms with E-state index in [1.54, 1.807) is 95.2 Å². The van der Waals surface area contributed by atoms with E-state index in [-0.39, 0.29) is 109 Å². The standard InChI is InChI=1S/C83H121N7O17S/c1-17-55(9)75(71(105-15)48-72(94)90-43-24-29-67(90)78(106-16)57(11)68(91)45-56(10)76(95)59-25-19-18-20-26-59)88(12)81(99)66(51(2)3)47-70(93)74(53(6)7)89(13)83(101)107-49-58-32-38-64(39-33-58)86-80(98)62(28-23-42-85-82(84)100)46-69(92)73(52(4)5)87-79(97)61-36-34-60(35-37-61)77(96)63(27-21-22-44-104-14)50-108(102,103)65-40-30-54(8)31-41-65/h18-20,25-26,30-41,51-53,55-57,62-63,66-67,71,73-76,78,95H,17,21-24,27-29,42-50H2,1-16H3,(H,86,98)(H,87,97)(H3,84,85,100)/t55-,56-,57-,62+,63?,66-,67-,71+,73-,74-,75-,76+,78+/m0/s1. The number of hydrogen-bond acceptors (Lipinski definition) is 17. The number of carbonyl (C=O) groups is 10. The first-order valence-corrected chi connectivity index (χ1v) is 39.7. The Kier molecular flexibility index (Phi) is 36.7. The van der Waals surface area contributed by atoms with Crippen LogP contribution in [-0.4, -0.2) is 184 Å². The summed E-state index contributed by atoms with van der Waals surface area (Å²) in [4.78, 5) is 144. The lowest BCUT2D eigenvalue weighted by molar-refractivity contribution is -0.149. The number of ether oxygens (including phenoxy) is 4. The van der Waals surface area contributed by atoms with E-state index in [9.17, 15) is 61.5 Å². The fraction of sp³-hybridized carbons (Fsp3) is 0.590. The molecule has 1 unspecified atom stereocenters. The number of likely N-dealkylation sites (N-methyl/N-ethyl adjacent to an activating group) is 2. The zero-order chi connectivity index (χ0) is 80.3. The number of anilines is 1. The van der Waals surface area contributed by atoms with Crippen molar-refractivity contribution in [2.24, 2.45) is 59.0 Å². The second kappa shape index (κ2) is 43.8. The normalized spacial score (nSPS) is 16.5. The fourth-order valence-electron chi connectivity index (χ4n) is 14.6. The van der Waals surface area contributed by atoms with Crippen molar-refractivity contribution in [1.29, 1.82) is 0 Å². The number of nitrogens with zero attached hydrogens (tertiary/aromatic N) is 3. The lowest BCUT2D eigenvalue weighted by Gasteiger charge is -2.41. The van der Waals surface area contributed by atoms with E-state index < -0.39 is 129 Å². The van der Waals surface area contributed by atoms with Gasteiger partial charge in [0.25, 0.3) is 5.91 Å². The first kappa shape index (κ1) is 90.4. The highest BCUT2D eigenvalue weighted by Crippen LogP contribution is 2.34. The summed E-state index contributed by atoms with van der Waals surface area (Å²) in [5.41, 5.74) is 8.18. The summed E-state index contributed by atoms with van der Waals surface area (Å²) in [5.74, 6) is -8.17. The third kappa shape index (κ3) is 26.2. The number of carbonyl (C=O) groups excluding carboxylic acids is 10. The van der Waals surface area contributed by atoms with Crippen LogP contribution in [0, 0.1) is 60.2 Å². The maximum Gasteiger partial charge on any atom is 0.410 e. The number of primary amides is 1. The highest BCUT2D eigenvalue weighted by Gasteiger charge is 2.44. The van der Waals surface area contributed by atoms with Gasteiger partial charge >= 0.3 is 12.1 Å². The third-order valence-corrected chi connectivity index (χ3v) is 23.1. The molecule has 1 aliphatic heterocycles. The predicted octanol–water partition coefficient (Wildman–Crippen LogP) is 11.6. The average molecular weight is 1520 g/mol. The smallest absolute Gasteiger partial charge is 0.410 e. The Labute approximate surface area is 640 Å². The zero-order valence-electron chi connectivity index (χ0n) is 66.4. The van der Waals surface area contributed by atoms with Crippen LogP contribution in [0.5, 0.6) is 0 Å². The first-order valence-electron chi connectivity index (χ1n) is 38.1. The number of aliphatic hydroxyl groups is 1. The monoisotopic (exact) mass is 1520 g/mol. The number of methoxy groups -OCH3 is 3. The molecule has 0 spiro atoms. The molecule has 4 aromatic rings. The SMILES string of the molecule is CC[C@H](C)[C@@H]([C@@H](CC(=O)N1CCC[C@H]1[C@H](OC)[C@@H](C)C(=O)C[C@H](C)[C@@H](O)c1ccccc1)OC)N(C)C(=O)[C@@H](CC(=O)[C@H](C(C)C)N(C)C(=O)OCc1ccc(NC(=O)[C@H](CCCNC(N)=O)CC(=O)[C@@H](NC(=O)c2ccc(C(=O)C(CCCCOC)CS(=O)(=O)c3ccc(C)cc3)cc2)C(C)C)cc1)C(C)C. The van der Waals surface area contributed by atoms with Gasteiger partial charge in [0, 0.05) is 115 Å². The van der Waals surface area contributed by atoms with Crippen molar-refractivity contribution in [2.45, 2.75) is 207 Å². The number of benzene rings is 4. The van der Waals surface area contributed by atoms with E-state index in [1.165, 1.54) is 55.5 Å². The summed E-state index contributed by atoms with van der Waals surface area (Å²) in [5, 5.41) is 19.2. The lowest BCUT2D eigenvalue weighted by Crippen LogP contribution is -2.54. The third-order valence-electron chi connectivity index (χ3n) is 21.3.